The van der Waals surface area contributed by atoms with Gasteiger partial charge in [-0.2, -0.15) is 0 Å². The molecule has 0 unspecified atom stereocenters. The van der Waals surface area contributed by atoms with Crippen molar-refractivity contribution >= 4 is 0 Å². The lowest BCUT2D eigenvalue weighted by atomic mass is 9.92. The molecule has 4 heteroatoms. The van der Waals surface area contributed by atoms with Crippen molar-refractivity contribution in [3.63, 3.8) is 0 Å². The highest BCUT2D eigenvalue weighted by Crippen LogP contribution is 2.27. The molecule has 1 aliphatic carbocycles. The van der Waals surface area contributed by atoms with Crippen molar-refractivity contribution in [1.29, 1.82) is 0 Å². The number of aromatic nitrogens is 1. The molecule has 1 heterocycles. The van der Waals surface area contributed by atoms with E-state index in [0.29, 0.717) is 18.6 Å². The summed E-state index contributed by atoms with van der Waals surface area (Å²) in [4.78, 5) is 4.43. The second kappa shape index (κ2) is 8.65. The number of aryl methyl sites for hydroxylation is 1. The molecule has 0 spiro atoms. The zero-order chi connectivity index (χ0) is 15.8. The van der Waals surface area contributed by atoms with E-state index in [1.807, 2.05) is 26.0 Å². The standard InChI is InChI=1S/C18H25NO3/c1-14(2)8-10-21-9-4-5-15-6-7-16(13-19-15)22-18-11-17(12-18)20-3/h6-7,13-14,17-18H,4-5,9,11-12H2,1-3H3. The van der Waals surface area contributed by atoms with Crippen LogP contribution in [0.5, 0.6) is 5.75 Å². The van der Waals surface area contributed by atoms with Crippen LogP contribution < -0.4 is 4.74 Å². The third-order valence-corrected chi connectivity index (χ3v) is 3.58. The molecule has 0 atom stereocenters. The first-order valence-corrected chi connectivity index (χ1v) is 7.94. The minimum atomic E-state index is 0.269. The molecule has 22 heavy (non-hydrogen) atoms. The molecule has 1 aromatic rings. The highest BCUT2D eigenvalue weighted by molar-refractivity contribution is 5.20. The van der Waals surface area contributed by atoms with Crippen LogP contribution >= 0.6 is 0 Å². The highest BCUT2D eigenvalue weighted by Gasteiger charge is 2.30. The number of nitrogens with zero attached hydrogens (tertiary/aromatic N) is 1. The summed E-state index contributed by atoms with van der Waals surface area (Å²) in [5.74, 6) is 4.16. The molecule has 1 fully saturated rings. The Hall–Kier alpha value is -1.73. The molecular formula is C18H25NO3. The smallest absolute Gasteiger partial charge is 0.138 e. The molecule has 0 saturated heterocycles. The summed E-state index contributed by atoms with van der Waals surface area (Å²) < 4.78 is 16.3. The predicted octanol–water partition coefficient (Wildman–Crippen LogP) is 3.20. The zero-order valence-electron chi connectivity index (χ0n) is 13.7. The van der Waals surface area contributed by atoms with Gasteiger partial charge < -0.3 is 14.2 Å². The molecule has 2 rings (SSSR count). The van der Waals surface area contributed by atoms with Gasteiger partial charge in [-0.05, 0) is 25.0 Å². The zero-order valence-corrected chi connectivity index (χ0v) is 13.7. The van der Waals surface area contributed by atoms with Gasteiger partial charge in [0.25, 0.3) is 0 Å². The second-order valence-corrected chi connectivity index (χ2v) is 5.91. The first kappa shape index (κ1) is 16.6. The van der Waals surface area contributed by atoms with Crippen LogP contribution in [0.15, 0.2) is 18.3 Å². The number of methoxy groups -OCH3 is 1. The van der Waals surface area contributed by atoms with E-state index in [1.165, 1.54) is 0 Å². The van der Waals surface area contributed by atoms with E-state index in [9.17, 15) is 0 Å². The summed E-state index contributed by atoms with van der Waals surface area (Å²) >= 11 is 0. The third kappa shape index (κ3) is 5.57. The molecule has 0 amide bonds. The lowest BCUT2D eigenvalue weighted by Crippen LogP contribution is -2.38. The average Bonchev–Trinajstić information content (AvgIpc) is 2.47. The van der Waals surface area contributed by atoms with Gasteiger partial charge in [0.1, 0.15) is 24.6 Å². The molecule has 1 aliphatic rings. The van der Waals surface area contributed by atoms with Crippen molar-refractivity contribution in [3.05, 3.63) is 24.0 Å². The number of pyridine rings is 1. The summed E-state index contributed by atoms with van der Waals surface area (Å²) in [6.07, 6.45) is 8.88. The molecule has 0 N–H and O–H groups in total. The van der Waals surface area contributed by atoms with Crippen molar-refractivity contribution in [2.24, 2.45) is 5.92 Å². The first-order valence-electron chi connectivity index (χ1n) is 7.94. The third-order valence-electron chi connectivity index (χ3n) is 3.58. The van der Waals surface area contributed by atoms with Gasteiger partial charge in [-0.1, -0.05) is 19.8 Å². The van der Waals surface area contributed by atoms with E-state index in [4.69, 9.17) is 14.2 Å². The van der Waals surface area contributed by atoms with Crippen LogP contribution in [0.4, 0.5) is 0 Å². The van der Waals surface area contributed by atoms with Crippen LogP contribution in [-0.4, -0.2) is 30.9 Å². The average molecular weight is 303 g/mol. The summed E-state index contributed by atoms with van der Waals surface area (Å²) in [5.41, 5.74) is 1.05. The van der Waals surface area contributed by atoms with E-state index in [1.54, 1.807) is 13.3 Å². The second-order valence-electron chi connectivity index (χ2n) is 5.91. The summed E-state index contributed by atoms with van der Waals surface area (Å²) in [6.45, 7) is 4.73. The van der Waals surface area contributed by atoms with Crippen molar-refractivity contribution in [1.82, 2.24) is 4.98 Å². The minimum absolute atomic E-state index is 0.269. The largest absolute Gasteiger partial charge is 0.489 e. The maximum atomic E-state index is 5.83. The molecule has 4 nitrogen and oxygen atoms in total. The Morgan fingerprint density at radius 3 is 2.73 bits per heavy atom. The van der Waals surface area contributed by atoms with Gasteiger partial charge in [0.2, 0.25) is 0 Å². The van der Waals surface area contributed by atoms with E-state index in [2.05, 4.69) is 17.0 Å². The van der Waals surface area contributed by atoms with Crippen molar-refractivity contribution in [3.8, 4) is 17.8 Å². The fraction of sp³-hybridized carbons (Fsp3) is 0.611. The van der Waals surface area contributed by atoms with Gasteiger partial charge >= 0.3 is 0 Å². The Balaban J connectivity index is 1.64. The maximum absolute atomic E-state index is 5.83. The van der Waals surface area contributed by atoms with Gasteiger partial charge in [-0.15, -0.1) is 0 Å². The van der Waals surface area contributed by atoms with Crippen molar-refractivity contribution in [2.75, 3.05) is 13.7 Å². The number of hydrogen-bond donors (Lipinski definition) is 0. The highest BCUT2D eigenvalue weighted by atomic mass is 16.5. The van der Waals surface area contributed by atoms with Crippen LogP contribution in [0, 0.1) is 17.9 Å². The van der Waals surface area contributed by atoms with Crippen molar-refractivity contribution in [2.45, 2.75) is 51.7 Å². The van der Waals surface area contributed by atoms with Crippen LogP contribution in [-0.2, 0) is 15.9 Å². The van der Waals surface area contributed by atoms with Crippen LogP contribution in [0.25, 0.3) is 0 Å². The van der Waals surface area contributed by atoms with Gasteiger partial charge in [0.05, 0.1) is 12.3 Å². The van der Waals surface area contributed by atoms with Crippen molar-refractivity contribution < 1.29 is 14.2 Å². The van der Waals surface area contributed by atoms with Gasteiger partial charge in [0, 0.05) is 31.6 Å². The Morgan fingerprint density at radius 1 is 1.27 bits per heavy atom. The SMILES string of the molecule is COC1CC(Oc2ccc(CCCOC#CC(C)C)nc2)C1. The summed E-state index contributed by atoms with van der Waals surface area (Å²) in [5, 5.41) is 0. The summed E-state index contributed by atoms with van der Waals surface area (Å²) in [7, 11) is 1.75. The Morgan fingerprint density at radius 2 is 2.09 bits per heavy atom. The van der Waals surface area contributed by atoms with Gasteiger partial charge in [0.15, 0.2) is 0 Å². The van der Waals surface area contributed by atoms with E-state index >= 15 is 0 Å². The normalized spacial score (nSPS) is 20.0. The Bertz CT molecular complexity index is 495. The number of hydrogen-bond acceptors (Lipinski definition) is 4. The quantitative estimate of drug-likeness (QED) is 0.573. The Labute approximate surface area is 133 Å². The maximum Gasteiger partial charge on any atom is 0.138 e. The van der Waals surface area contributed by atoms with E-state index < -0.39 is 0 Å². The van der Waals surface area contributed by atoms with E-state index in [0.717, 1.165) is 37.1 Å². The molecule has 0 bridgehead atoms. The lowest BCUT2D eigenvalue weighted by Gasteiger charge is -2.34. The van der Waals surface area contributed by atoms with Gasteiger partial charge in [-0.3, -0.25) is 4.98 Å². The predicted molar refractivity (Wildman–Crippen MR) is 85.6 cm³/mol. The van der Waals surface area contributed by atoms with Crippen LogP contribution in [0.2, 0.25) is 0 Å². The number of rotatable bonds is 7. The molecule has 1 saturated carbocycles. The molecule has 0 radical (unpaired) electrons. The summed E-state index contributed by atoms with van der Waals surface area (Å²) in [6, 6.07) is 4.00. The minimum Gasteiger partial charge on any atom is -0.489 e. The number of ether oxygens (including phenoxy) is 3. The van der Waals surface area contributed by atoms with Gasteiger partial charge in [-0.25, -0.2) is 0 Å². The molecule has 0 aliphatic heterocycles. The lowest BCUT2D eigenvalue weighted by molar-refractivity contribution is -0.0382. The van der Waals surface area contributed by atoms with Crippen LogP contribution in [0.1, 0.15) is 38.8 Å². The molecule has 0 aromatic carbocycles. The van der Waals surface area contributed by atoms with Crippen LogP contribution in [0.3, 0.4) is 0 Å². The monoisotopic (exact) mass is 303 g/mol. The molecule has 120 valence electrons. The fourth-order valence-electron chi connectivity index (χ4n) is 2.16. The first-order chi connectivity index (χ1) is 10.7. The topological polar surface area (TPSA) is 40.6 Å². The van der Waals surface area contributed by atoms with E-state index in [-0.39, 0.29) is 6.10 Å². The Kier molecular flexibility index (Phi) is 6.54. The molecule has 1 aromatic heterocycles. The fourth-order valence-corrected chi connectivity index (χ4v) is 2.16. The molecular weight excluding hydrogens is 278 g/mol.